The zero-order valence-corrected chi connectivity index (χ0v) is 30.0. The van der Waals surface area contributed by atoms with Gasteiger partial charge in [-0.05, 0) is 36.2 Å². The highest BCUT2D eigenvalue weighted by molar-refractivity contribution is 7.26. The first-order valence-corrected chi connectivity index (χ1v) is 19.3. The Morgan fingerprint density at radius 2 is 1.27 bits per heavy atom. The summed E-state index contributed by atoms with van der Waals surface area (Å²) in [5.74, 6) is 1.64. The Balaban J connectivity index is 1.20. The van der Waals surface area contributed by atoms with Crippen molar-refractivity contribution >= 4 is 74.7 Å². The molecule has 0 aliphatic carbocycles. The molecule has 0 saturated heterocycles. The number of aromatic nitrogens is 2. The van der Waals surface area contributed by atoms with E-state index in [2.05, 4.69) is 134 Å². The van der Waals surface area contributed by atoms with Gasteiger partial charge in [0, 0.05) is 58.4 Å². The summed E-state index contributed by atoms with van der Waals surface area (Å²) in [6, 6.07) is 53.5. The van der Waals surface area contributed by atoms with Crippen LogP contribution in [0.1, 0.15) is 36.1 Å². The summed E-state index contributed by atoms with van der Waals surface area (Å²) >= 11 is 3.61. The van der Waals surface area contributed by atoms with Crippen molar-refractivity contribution < 1.29 is 0 Å². The minimum Gasteiger partial charge on any atom is -0.257 e. The van der Waals surface area contributed by atoms with Gasteiger partial charge in [0.2, 0.25) is 0 Å². The van der Waals surface area contributed by atoms with E-state index in [-0.39, 0.29) is 12.0 Å². The Labute approximate surface area is 309 Å². The fourth-order valence-electron chi connectivity index (χ4n) is 7.65. The molecule has 4 nitrogen and oxygen atoms in total. The molecule has 6 heteroatoms. The number of nitrogens with zero attached hydrogens (tertiary/aromatic N) is 4. The molecule has 0 radical (unpaired) electrons. The first-order valence-electron chi connectivity index (χ1n) is 17.7. The van der Waals surface area contributed by atoms with Crippen molar-refractivity contribution in [3.63, 3.8) is 0 Å². The molecule has 3 aromatic heterocycles. The third-order valence-electron chi connectivity index (χ3n) is 10.1. The second-order valence-electron chi connectivity index (χ2n) is 13.2. The summed E-state index contributed by atoms with van der Waals surface area (Å²) in [5.41, 5.74) is 8.59. The lowest BCUT2D eigenvalue weighted by Crippen LogP contribution is -2.28. The van der Waals surface area contributed by atoms with Gasteiger partial charge in [-0.15, -0.1) is 22.7 Å². The zero-order valence-electron chi connectivity index (χ0n) is 28.4. The average Bonchev–Trinajstić information content (AvgIpc) is 3.79. The van der Waals surface area contributed by atoms with Crippen molar-refractivity contribution in [1.29, 1.82) is 0 Å². The Bertz CT molecular complexity index is 2840. The van der Waals surface area contributed by atoms with Crippen LogP contribution in [-0.2, 0) is 0 Å². The number of aliphatic imine (C=N–C) groups is 2. The van der Waals surface area contributed by atoms with E-state index in [1.165, 1.54) is 36.0 Å². The van der Waals surface area contributed by atoms with Gasteiger partial charge >= 0.3 is 0 Å². The molecule has 10 rings (SSSR count). The van der Waals surface area contributed by atoms with E-state index in [9.17, 15) is 0 Å². The van der Waals surface area contributed by atoms with Gasteiger partial charge in [-0.1, -0.05) is 134 Å². The summed E-state index contributed by atoms with van der Waals surface area (Å²) in [6.45, 7) is 2.26. The lowest BCUT2D eigenvalue weighted by Gasteiger charge is -2.30. The molecule has 6 aromatic carbocycles. The molecular formula is C46H32N4S2. The average molecular weight is 705 g/mol. The predicted molar refractivity (Wildman–Crippen MR) is 221 cm³/mol. The first-order chi connectivity index (χ1) is 25.7. The highest BCUT2D eigenvalue weighted by Gasteiger charge is 2.33. The maximum atomic E-state index is 5.43. The number of hydrogen-bond donors (Lipinski definition) is 0. The number of thiophene rings is 2. The van der Waals surface area contributed by atoms with Crippen LogP contribution in [0.25, 0.3) is 63.1 Å². The Morgan fingerprint density at radius 1 is 0.577 bits per heavy atom. The quantitative estimate of drug-likeness (QED) is 0.173. The molecule has 0 saturated carbocycles. The monoisotopic (exact) mass is 704 g/mol. The topological polar surface area (TPSA) is 50.5 Å². The smallest absolute Gasteiger partial charge is 0.160 e. The summed E-state index contributed by atoms with van der Waals surface area (Å²) in [7, 11) is 0. The van der Waals surface area contributed by atoms with Crippen LogP contribution < -0.4 is 0 Å². The lowest BCUT2D eigenvalue weighted by molar-refractivity contribution is 0.533. The SMILES string of the molecule is CCC1C(c2cccc3sc4ccc(-c5nc(-c6ccccc6)nc6c5sc5ccccc56)cc4c23)=NC(c2ccccc2)=NC1c1ccccc1. The molecule has 9 aromatic rings. The van der Waals surface area contributed by atoms with Crippen LogP contribution in [0.3, 0.4) is 0 Å². The Hall–Kier alpha value is -5.82. The van der Waals surface area contributed by atoms with Crippen LogP contribution in [0.4, 0.5) is 0 Å². The van der Waals surface area contributed by atoms with E-state index in [0.29, 0.717) is 0 Å². The molecule has 0 N–H and O–H groups in total. The fraction of sp³-hybridized carbons (Fsp3) is 0.0870. The maximum absolute atomic E-state index is 5.43. The normalized spacial score (nSPS) is 16.1. The molecule has 248 valence electrons. The molecular weight excluding hydrogens is 673 g/mol. The van der Waals surface area contributed by atoms with Gasteiger partial charge in [-0.3, -0.25) is 4.99 Å². The summed E-state index contributed by atoms with van der Waals surface area (Å²) in [4.78, 5) is 21.2. The van der Waals surface area contributed by atoms with Gasteiger partial charge in [-0.2, -0.15) is 0 Å². The summed E-state index contributed by atoms with van der Waals surface area (Å²) in [6.07, 6.45) is 0.917. The summed E-state index contributed by atoms with van der Waals surface area (Å²) in [5, 5.41) is 3.63. The standard InChI is InChI=1S/C46H32N4S2/c1-2-32-40(28-15-6-3-7-16-28)47-45(29-17-8-4-9-18-29)49-42(32)34-22-14-24-38-39(34)35-27-31(25-26-37(35)51-38)41-44-43(33-21-12-13-23-36(33)52-44)50-46(48-41)30-19-10-5-11-20-30/h3-27,32,40H,2H2,1H3. The van der Waals surface area contributed by atoms with E-state index in [1.54, 1.807) is 11.3 Å². The van der Waals surface area contributed by atoms with Crippen molar-refractivity contribution in [3.8, 4) is 22.6 Å². The number of amidine groups is 1. The lowest BCUT2D eigenvalue weighted by atomic mass is 9.82. The van der Waals surface area contributed by atoms with Gasteiger partial charge < -0.3 is 0 Å². The predicted octanol–water partition coefficient (Wildman–Crippen LogP) is 12.6. The van der Waals surface area contributed by atoms with E-state index < -0.39 is 0 Å². The third kappa shape index (κ3) is 5.17. The van der Waals surface area contributed by atoms with Gasteiger partial charge in [0.05, 0.1) is 27.7 Å². The second-order valence-corrected chi connectivity index (χ2v) is 15.4. The van der Waals surface area contributed by atoms with Crippen molar-refractivity contribution in [1.82, 2.24) is 9.97 Å². The van der Waals surface area contributed by atoms with E-state index >= 15 is 0 Å². The molecule has 1 aliphatic heterocycles. The van der Waals surface area contributed by atoms with Crippen LogP contribution in [0, 0.1) is 5.92 Å². The van der Waals surface area contributed by atoms with Crippen molar-refractivity contribution in [3.05, 3.63) is 168 Å². The van der Waals surface area contributed by atoms with Crippen molar-refractivity contribution in [2.45, 2.75) is 19.4 Å². The highest BCUT2D eigenvalue weighted by atomic mass is 32.1. The molecule has 0 fully saturated rings. The van der Waals surface area contributed by atoms with Crippen LogP contribution >= 0.6 is 22.7 Å². The fourth-order valence-corrected chi connectivity index (χ4v) is 9.91. The molecule has 1 aliphatic rings. The largest absolute Gasteiger partial charge is 0.257 e. The Morgan fingerprint density at radius 3 is 2.06 bits per heavy atom. The van der Waals surface area contributed by atoms with Crippen LogP contribution in [0.2, 0.25) is 0 Å². The second kappa shape index (κ2) is 12.7. The number of rotatable bonds is 6. The first kappa shape index (κ1) is 31.0. The molecule has 0 bridgehead atoms. The van der Waals surface area contributed by atoms with Crippen molar-refractivity contribution in [2.75, 3.05) is 0 Å². The Kier molecular flexibility index (Phi) is 7.59. The van der Waals surface area contributed by atoms with Gasteiger partial charge in [0.25, 0.3) is 0 Å². The number of benzene rings is 6. The van der Waals surface area contributed by atoms with E-state index in [0.717, 1.165) is 61.8 Å². The van der Waals surface area contributed by atoms with Crippen LogP contribution in [0.5, 0.6) is 0 Å². The van der Waals surface area contributed by atoms with Gasteiger partial charge in [-0.25, -0.2) is 15.0 Å². The minimum absolute atomic E-state index is 0.0386. The van der Waals surface area contributed by atoms with Crippen LogP contribution in [-0.4, -0.2) is 21.5 Å². The third-order valence-corrected chi connectivity index (χ3v) is 12.4. The van der Waals surface area contributed by atoms with Gasteiger partial charge in [0.1, 0.15) is 0 Å². The summed E-state index contributed by atoms with van der Waals surface area (Å²) < 4.78 is 4.82. The molecule has 52 heavy (non-hydrogen) atoms. The molecule has 0 amide bonds. The molecule has 2 unspecified atom stereocenters. The highest BCUT2D eigenvalue weighted by Crippen LogP contribution is 2.44. The minimum atomic E-state index is -0.0386. The number of fused-ring (bicyclic) bond motifs is 6. The number of hydrogen-bond acceptors (Lipinski definition) is 6. The molecule has 0 spiro atoms. The van der Waals surface area contributed by atoms with E-state index in [4.69, 9.17) is 20.0 Å². The van der Waals surface area contributed by atoms with Crippen LogP contribution in [0.15, 0.2) is 162 Å². The van der Waals surface area contributed by atoms with Crippen molar-refractivity contribution in [2.24, 2.45) is 15.9 Å². The maximum Gasteiger partial charge on any atom is 0.160 e. The molecule has 2 atom stereocenters. The molecule has 4 heterocycles. The zero-order chi connectivity index (χ0) is 34.6. The van der Waals surface area contributed by atoms with E-state index in [1.807, 2.05) is 35.6 Å². The van der Waals surface area contributed by atoms with Gasteiger partial charge in [0.15, 0.2) is 11.7 Å².